The molecule has 0 amide bonds. The smallest absolute Gasteiger partial charge is 0.122 e. The molecule has 21 heavy (non-hydrogen) atoms. The Morgan fingerprint density at radius 2 is 1.90 bits per heavy atom. The van der Waals surface area contributed by atoms with Crippen molar-refractivity contribution in [1.82, 2.24) is 5.32 Å². The first kappa shape index (κ1) is 16.4. The van der Waals surface area contributed by atoms with E-state index in [1.807, 2.05) is 0 Å². The van der Waals surface area contributed by atoms with Crippen LogP contribution in [0.5, 0.6) is 5.75 Å². The fourth-order valence-corrected chi connectivity index (χ4v) is 3.57. The van der Waals surface area contributed by atoms with E-state index in [0.717, 1.165) is 30.7 Å². The van der Waals surface area contributed by atoms with Crippen LogP contribution in [0.3, 0.4) is 0 Å². The van der Waals surface area contributed by atoms with Crippen LogP contribution in [0.25, 0.3) is 0 Å². The number of hydrogen-bond donors (Lipinski definition) is 1. The molecule has 2 atom stereocenters. The van der Waals surface area contributed by atoms with Gasteiger partial charge in [0.25, 0.3) is 0 Å². The minimum absolute atomic E-state index is 0.642. The highest BCUT2D eigenvalue weighted by Gasteiger charge is 2.26. The van der Waals surface area contributed by atoms with Gasteiger partial charge in [0.2, 0.25) is 0 Å². The summed E-state index contributed by atoms with van der Waals surface area (Å²) in [5.41, 5.74) is 1.42. The van der Waals surface area contributed by atoms with E-state index in [1.54, 1.807) is 7.11 Å². The molecule has 0 spiro atoms. The fourth-order valence-electron chi connectivity index (χ4n) is 3.57. The molecule has 1 N–H and O–H groups in total. The molecule has 1 saturated carbocycles. The van der Waals surface area contributed by atoms with Crippen LogP contribution in [0.1, 0.15) is 57.4 Å². The van der Waals surface area contributed by atoms with Gasteiger partial charge in [0.05, 0.1) is 7.11 Å². The van der Waals surface area contributed by atoms with Gasteiger partial charge in [-0.25, -0.2) is 0 Å². The summed E-state index contributed by atoms with van der Waals surface area (Å²) in [4.78, 5) is 0. The van der Waals surface area contributed by atoms with Gasteiger partial charge in [-0.05, 0) is 55.3 Å². The molecule has 1 aromatic carbocycles. The monoisotopic (exact) mass is 289 g/mol. The number of ether oxygens (including phenoxy) is 1. The third kappa shape index (κ3) is 4.74. The van der Waals surface area contributed by atoms with E-state index in [-0.39, 0.29) is 0 Å². The molecule has 118 valence electrons. The highest BCUT2D eigenvalue weighted by molar-refractivity contribution is 5.36. The van der Waals surface area contributed by atoms with Crippen LogP contribution in [0, 0.1) is 11.8 Å². The molecule has 2 unspecified atom stereocenters. The number of para-hydroxylation sites is 1. The van der Waals surface area contributed by atoms with Crippen molar-refractivity contribution in [3.63, 3.8) is 0 Å². The van der Waals surface area contributed by atoms with Crippen LogP contribution in [0.4, 0.5) is 0 Å². The van der Waals surface area contributed by atoms with Gasteiger partial charge >= 0.3 is 0 Å². The lowest BCUT2D eigenvalue weighted by Gasteiger charge is -2.27. The fraction of sp³-hybridized carbons (Fsp3) is 0.684. The average Bonchev–Trinajstić information content (AvgIpc) is 2.72. The van der Waals surface area contributed by atoms with E-state index >= 15 is 0 Å². The van der Waals surface area contributed by atoms with E-state index in [4.69, 9.17) is 4.74 Å². The minimum Gasteiger partial charge on any atom is -0.496 e. The van der Waals surface area contributed by atoms with Gasteiger partial charge < -0.3 is 10.1 Å². The molecule has 0 heterocycles. The zero-order valence-corrected chi connectivity index (χ0v) is 13.9. The summed E-state index contributed by atoms with van der Waals surface area (Å²) in [5.74, 6) is 3.17. The van der Waals surface area contributed by atoms with Gasteiger partial charge in [0.15, 0.2) is 0 Å². The Morgan fingerprint density at radius 3 is 2.67 bits per heavy atom. The third-order valence-electron chi connectivity index (χ3n) is 4.66. The van der Waals surface area contributed by atoms with Crippen molar-refractivity contribution in [1.29, 1.82) is 0 Å². The molecule has 1 aromatic rings. The quantitative estimate of drug-likeness (QED) is 0.772. The highest BCUT2D eigenvalue weighted by atomic mass is 16.5. The van der Waals surface area contributed by atoms with E-state index in [0.29, 0.717) is 5.92 Å². The Hall–Kier alpha value is -1.02. The molecule has 2 rings (SSSR count). The van der Waals surface area contributed by atoms with Crippen molar-refractivity contribution in [3.05, 3.63) is 29.8 Å². The van der Waals surface area contributed by atoms with Crippen molar-refractivity contribution in [3.8, 4) is 5.75 Å². The SMILES string of the molecule is COc1ccccc1C1CCCCCC1CNCC(C)C. The lowest BCUT2D eigenvalue weighted by Crippen LogP contribution is -2.29. The van der Waals surface area contributed by atoms with Gasteiger partial charge in [-0.2, -0.15) is 0 Å². The molecular weight excluding hydrogens is 258 g/mol. The van der Waals surface area contributed by atoms with Crippen LogP contribution in [-0.2, 0) is 0 Å². The molecular formula is C19H31NO. The van der Waals surface area contributed by atoms with Crippen LogP contribution in [0.2, 0.25) is 0 Å². The van der Waals surface area contributed by atoms with Crippen molar-refractivity contribution in [2.24, 2.45) is 11.8 Å². The van der Waals surface area contributed by atoms with Gasteiger partial charge in [0, 0.05) is 0 Å². The number of benzene rings is 1. The summed E-state index contributed by atoms with van der Waals surface area (Å²) >= 11 is 0. The maximum Gasteiger partial charge on any atom is 0.122 e. The molecule has 1 aliphatic carbocycles. The van der Waals surface area contributed by atoms with Crippen molar-refractivity contribution >= 4 is 0 Å². The maximum absolute atomic E-state index is 5.61. The second-order valence-corrected chi connectivity index (χ2v) is 6.80. The topological polar surface area (TPSA) is 21.3 Å². The number of rotatable bonds is 6. The van der Waals surface area contributed by atoms with Crippen LogP contribution in [0.15, 0.2) is 24.3 Å². The molecule has 0 aliphatic heterocycles. The van der Waals surface area contributed by atoms with E-state index in [1.165, 1.54) is 37.7 Å². The average molecular weight is 289 g/mol. The predicted octanol–water partition coefficient (Wildman–Crippen LogP) is 4.60. The second-order valence-electron chi connectivity index (χ2n) is 6.80. The van der Waals surface area contributed by atoms with Crippen molar-refractivity contribution in [2.45, 2.75) is 51.9 Å². The van der Waals surface area contributed by atoms with Gasteiger partial charge in [-0.3, -0.25) is 0 Å². The van der Waals surface area contributed by atoms with Crippen molar-refractivity contribution < 1.29 is 4.74 Å². The Labute approximate surface area is 130 Å². The minimum atomic E-state index is 0.642. The normalized spacial score (nSPS) is 23.0. The first-order valence-corrected chi connectivity index (χ1v) is 8.56. The Kier molecular flexibility index (Phi) is 6.56. The van der Waals surface area contributed by atoms with Gasteiger partial charge in [0.1, 0.15) is 5.75 Å². The highest BCUT2D eigenvalue weighted by Crippen LogP contribution is 2.40. The lowest BCUT2D eigenvalue weighted by atomic mass is 9.82. The van der Waals surface area contributed by atoms with Gasteiger partial charge in [-0.15, -0.1) is 0 Å². The molecule has 0 radical (unpaired) electrons. The van der Waals surface area contributed by atoms with E-state index in [2.05, 4.69) is 43.4 Å². The van der Waals surface area contributed by atoms with Crippen LogP contribution >= 0.6 is 0 Å². The summed E-state index contributed by atoms with van der Waals surface area (Å²) in [6.45, 7) is 6.81. The summed E-state index contributed by atoms with van der Waals surface area (Å²) in [5, 5.41) is 3.68. The molecule has 1 aliphatic rings. The third-order valence-corrected chi connectivity index (χ3v) is 4.66. The molecule has 0 aromatic heterocycles. The second kappa shape index (κ2) is 8.43. The summed E-state index contributed by atoms with van der Waals surface area (Å²) < 4.78 is 5.61. The van der Waals surface area contributed by atoms with E-state index in [9.17, 15) is 0 Å². The molecule has 2 heteroatoms. The zero-order chi connectivity index (χ0) is 15.1. The first-order chi connectivity index (χ1) is 10.2. The number of hydrogen-bond acceptors (Lipinski definition) is 2. The lowest BCUT2D eigenvalue weighted by molar-refractivity contribution is 0.349. The molecule has 0 bridgehead atoms. The largest absolute Gasteiger partial charge is 0.496 e. The number of nitrogens with one attached hydrogen (secondary N) is 1. The van der Waals surface area contributed by atoms with Crippen LogP contribution in [-0.4, -0.2) is 20.2 Å². The first-order valence-electron chi connectivity index (χ1n) is 8.56. The summed E-state index contributed by atoms with van der Waals surface area (Å²) in [6, 6.07) is 8.61. The maximum atomic E-state index is 5.61. The molecule has 1 fully saturated rings. The molecule has 0 saturated heterocycles. The number of methoxy groups -OCH3 is 1. The Balaban J connectivity index is 2.11. The van der Waals surface area contributed by atoms with Crippen LogP contribution < -0.4 is 10.1 Å². The predicted molar refractivity (Wildman–Crippen MR) is 90.0 cm³/mol. The standard InChI is InChI=1S/C19H31NO/c1-15(2)13-20-14-16-9-5-4-6-10-17(16)18-11-7-8-12-19(18)21-3/h7-8,11-12,15-17,20H,4-6,9-10,13-14H2,1-3H3. The molecule has 2 nitrogen and oxygen atoms in total. The Bertz CT molecular complexity index is 416. The van der Waals surface area contributed by atoms with E-state index < -0.39 is 0 Å². The zero-order valence-electron chi connectivity index (χ0n) is 13.9. The Morgan fingerprint density at radius 1 is 1.14 bits per heavy atom. The van der Waals surface area contributed by atoms with Crippen molar-refractivity contribution in [2.75, 3.05) is 20.2 Å². The van der Waals surface area contributed by atoms with Gasteiger partial charge in [-0.1, -0.05) is 51.3 Å². The summed E-state index contributed by atoms with van der Waals surface area (Å²) in [6.07, 6.45) is 6.75. The summed E-state index contributed by atoms with van der Waals surface area (Å²) in [7, 11) is 1.79.